The van der Waals surface area contributed by atoms with E-state index in [9.17, 15) is 14.5 Å². The molecule has 0 radical (unpaired) electrons. The van der Waals surface area contributed by atoms with Crippen LogP contribution in [-0.2, 0) is 38.6 Å². The van der Waals surface area contributed by atoms with Gasteiger partial charge in [0, 0.05) is 13.2 Å². The number of rotatable bonds is 18. The fourth-order valence-electron chi connectivity index (χ4n) is 2.43. The van der Waals surface area contributed by atoms with E-state index in [0.29, 0.717) is 59.3 Å². The number of hydrogen-bond donors (Lipinski definition) is 0. The number of alkyl halides is 1. The van der Waals surface area contributed by atoms with Crippen molar-refractivity contribution in [1.29, 1.82) is 0 Å². The van der Waals surface area contributed by atoms with Gasteiger partial charge in [-0.05, 0) is 11.3 Å². The lowest BCUT2D eigenvalue weighted by Crippen LogP contribution is -2.10. The van der Waals surface area contributed by atoms with Crippen molar-refractivity contribution in [3.8, 4) is 0 Å². The van der Waals surface area contributed by atoms with Crippen LogP contribution in [-0.4, -0.2) is 82.4 Å². The van der Waals surface area contributed by atoms with Crippen molar-refractivity contribution in [1.82, 2.24) is 24.5 Å². The summed E-state index contributed by atoms with van der Waals surface area (Å²) in [6, 6.07) is 0. The highest BCUT2D eigenvalue weighted by atomic mass is 18.2. The fraction of sp³-hybridized carbons (Fsp3) is 0.706. The van der Waals surface area contributed by atoms with Crippen molar-refractivity contribution in [2.45, 2.75) is 26.1 Å². The Morgan fingerprint density at radius 1 is 1.00 bits per heavy atom. The topological polar surface area (TPSA) is 129 Å². The van der Waals surface area contributed by atoms with Gasteiger partial charge in [0.15, 0.2) is 0 Å². The van der Waals surface area contributed by atoms with E-state index in [1.807, 2.05) is 0 Å². The molecule has 0 saturated heterocycles. The third-order valence-electron chi connectivity index (χ3n) is 3.81. The molecule has 0 aromatic carbocycles. The number of halogens is 1. The summed E-state index contributed by atoms with van der Waals surface area (Å²) >= 11 is 0. The SMILES string of the molecule is O=[N+]([O-])c1nccn1CCOCCCn1cc(COCCOCCOCC[18F])nn1. The van der Waals surface area contributed by atoms with E-state index in [0.717, 1.165) is 12.1 Å². The highest BCUT2D eigenvalue weighted by molar-refractivity contribution is 5.06. The molecule has 0 saturated carbocycles. The zero-order chi connectivity index (χ0) is 21.4. The Morgan fingerprint density at radius 2 is 1.73 bits per heavy atom. The van der Waals surface area contributed by atoms with Crippen LogP contribution in [0.25, 0.3) is 0 Å². The fourth-order valence-corrected chi connectivity index (χ4v) is 2.43. The third-order valence-corrected chi connectivity index (χ3v) is 3.81. The Labute approximate surface area is 173 Å². The number of aromatic nitrogens is 5. The molecular weight excluding hydrogens is 402 g/mol. The summed E-state index contributed by atoms with van der Waals surface area (Å²) in [7, 11) is 0. The molecule has 2 rings (SSSR count). The van der Waals surface area contributed by atoms with E-state index >= 15 is 0 Å². The van der Waals surface area contributed by atoms with E-state index in [2.05, 4.69) is 15.3 Å². The first-order valence-corrected chi connectivity index (χ1v) is 9.62. The maximum atomic E-state index is 11.8. The predicted molar refractivity (Wildman–Crippen MR) is 102 cm³/mol. The minimum absolute atomic E-state index is 0.0952. The Balaban J connectivity index is 1.47. The highest BCUT2D eigenvalue weighted by Gasteiger charge is 2.13. The monoisotopic (exact) mass is 429 g/mol. The predicted octanol–water partition coefficient (Wildman–Crippen LogP) is 1.01. The number of ether oxygens (including phenoxy) is 4. The van der Waals surface area contributed by atoms with Crippen molar-refractivity contribution in [2.24, 2.45) is 0 Å². The molecule has 13 heteroatoms. The molecule has 0 atom stereocenters. The molecule has 2 aromatic heterocycles. The van der Waals surface area contributed by atoms with Crippen LogP contribution in [0.4, 0.5) is 10.3 Å². The lowest BCUT2D eigenvalue weighted by molar-refractivity contribution is -0.396. The van der Waals surface area contributed by atoms with Gasteiger partial charge in [-0.15, -0.1) is 5.10 Å². The number of nitro groups is 1. The standard InChI is InChI=1S/C17H27FN6O6/c18-2-8-28-10-11-29-12-13-30-15-16-14-23(21-20-16)4-1-7-27-9-6-22-5-3-19-17(22)24(25)26/h3,5,14H,1-2,4,6-13,15H2/i18-1. The Bertz CT molecular complexity index is 727. The van der Waals surface area contributed by atoms with Crippen molar-refractivity contribution in [2.75, 3.05) is 52.9 Å². The van der Waals surface area contributed by atoms with Gasteiger partial charge in [0.05, 0.1) is 59.0 Å². The first kappa shape index (κ1) is 23.8. The molecule has 2 heterocycles. The average Bonchev–Trinajstić information content (AvgIpc) is 3.39. The molecule has 0 amide bonds. The first-order chi connectivity index (χ1) is 14.7. The van der Waals surface area contributed by atoms with Crippen molar-refractivity contribution < 1.29 is 28.3 Å². The van der Waals surface area contributed by atoms with Gasteiger partial charge in [0.2, 0.25) is 0 Å². The molecule has 0 N–H and O–H groups in total. The van der Waals surface area contributed by atoms with Crippen LogP contribution in [0.1, 0.15) is 12.1 Å². The number of nitrogens with zero attached hydrogens (tertiary/aromatic N) is 6. The molecule has 0 spiro atoms. The number of imidazole rings is 1. The molecule has 0 aliphatic heterocycles. The molecule has 0 aliphatic carbocycles. The minimum atomic E-state index is -0.523. The summed E-state index contributed by atoms with van der Waals surface area (Å²) in [4.78, 5) is 13.9. The minimum Gasteiger partial charge on any atom is -0.390 e. The first-order valence-electron chi connectivity index (χ1n) is 9.62. The lowest BCUT2D eigenvalue weighted by atomic mass is 10.4. The van der Waals surface area contributed by atoms with Gasteiger partial charge in [0.25, 0.3) is 0 Å². The molecule has 2 aromatic rings. The van der Waals surface area contributed by atoms with Crippen LogP contribution in [0, 0.1) is 10.1 Å². The Hall–Kier alpha value is -2.48. The molecule has 0 bridgehead atoms. The summed E-state index contributed by atoms with van der Waals surface area (Å²) < 4.78 is 36.2. The van der Waals surface area contributed by atoms with Crippen LogP contribution in [0.15, 0.2) is 18.6 Å². The van der Waals surface area contributed by atoms with Gasteiger partial charge in [0.1, 0.15) is 24.8 Å². The molecular formula is C17H27FN6O6. The molecule has 168 valence electrons. The summed E-state index contributed by atoms with van der Waals surface area (Å²) in [5.74, 6) is -0.190. The Morgan fingerprint density at radius 3 is 2.50 bits per heavy atom. The van der Waals surface area contributed by atoms with E-state index in [-0.39, 0.29) is 12.6 Å². The van der Waals surface area contributed by atoms with Gasteiger partial charge < -0.3 is 29.1 Å². The van der Waals surface area contributed by atoms with E-state index in [1.54, 1.807) is 17.1 Å². The second-order valence-electron chi connectivity index (χ2n) is 6.08. The zero-order valence-electron chi connectivity index (χ0n) is 16.7. The van der Waals surface area contributed by atoms with Crippen LogP contribution >= 0.6 is 0 Å². The highest BCUT2D eigenvalue weighted by Crippen LogP contribution is 2.06. The maximum absolute atomic E-state index is 11.8. The number of hydrogen-bond acceptors (Lipinski definition) is 9. The van der Waals surface area contributed by atoms with Gasteiger partial charge in [-0.2, -0.15) is 0 Å². The molecule has 0 fully saturated rings. The average molecular weight is 429 g/mol. The normalized spacial score (nSPS) is 11.2. The molecule has 30 heavy (non-hydrogen) atoms. The van der Waals surface area contributed by atoms with Gasteiger partial charge >= 0.3 is 5.95 Å². The molecule has 0 aliphatic rings. The lowest BCUT2D eigenvalue weighted by Gasteiger charge is -2.05. The van der Waals surface area contributed by atoms with Crippen LogP contribution in [0.3, 0.4) is 0 Å². The number of aryl methyl sites for hydroxylation is 1. The van der Waals surface area contributed by atoms with Crippen LogP contribution in [0.5, 0.6) is 0 Å². The second kappa shape index (κ2) is 14.5. The van der Waals surface area contributed by atoms with Gasteiger partial charge in [-0.25, -0.2) is 8.96 Å². The van der Waals surface area contributed by atoms with Crippen LogP contribution in [0.2, 0.25) is 0 Å². The quantitative estimate of drug-likeness (QED) is 0.194. The van der Waals surface area contributed by atoms with Gasteiger partial charge in [-0.3, -0.25) is 4.68 Å². The van der Waals surface area contributed by atoms with Crippen molar-refractivity contribution in [3.63, 3.8) is 0 Å². The zero-order valence-corrected chi connectivity index (χ0v) is 16.7. The van der Waals surface area contributed by atoms with E-state index in [4.69, 9.17) is 18.9 Å². The molecule has 0 unspecified atom stereocenters. The van der Waals surface area contributed by atoms with E-state index < -0.39 is 11.6 Å². The Kier molecular flexibility index (Phi) is 11.5. The summed E-state index contributed by atoms with van der Waals surface area (Å²) in [5.41, 5.74) is 0.717. The van der Waals surface area contributed by atoms with Gasteiger partial charge in [-0.1, -0.05) is 10.2 Å². The van der Waals surface area contributed by atoms with Crippen molar-refractivity contribution in [3.05, 3.63) is 34.4 Å². The largest absolute Gasteiger partial charge is 0.434 e. The second-order valence-corrected chi connectivity index (χ2v) is 6.08. The smallest absolute Gasteiger partial charge is 0.390 e. The summed E-state index contributed by atoms with van der Waals surface area (Å²) in [6.45, 7) is 3.42. The summed E-state index contributed by atoms with van der Waals surface area (Å²) in [5, 5.41) is 18.8. The van der Waals surface area contributed by atoms with Crippen LogP contribution < -0.4 is 0 Å². The third kappa shape index (κ3) is 9.35. The summed E-state index contributed by atoms with van der Waals surface area (Å²) in [6.07, 6.45) is 5.48. The maximum Gasteiger partial charge on any atom is 0.434 e. The van der Waals surface area contributed by atoms with Crippen molar-refractivity contribution >= 4 is 5.95 Å². The molecule has 12 nitrogen and oxygen atoms in total. The van der Waals surface area contributed by atoms with E-state index in [1.165, 1.54) is 10.8 Å².